The summed E-state index contributed by atoms with van der Waals surface area (Å²) < 4.78 is 6.02. The second-order valence-electron chi connectivity index (χ2n) is 7.64. The highest BCUT2D eigenvalue weighted by atomic mass is 16.5. The Morgan fingerprint density at radius 3 is 2.89 bits per heavy atom. The Hall–Kier alpha value is -2.49. The van der Waals surface area contributed by atoms with Gasteiger partial charge in [-0.3, -0.25) is 9.88 Å². The van der Waals surface area contributed by atoms with E-state index in [0.717, 1.165) is 51.6 Å². The summed E-state index contributed by atoms with van der Waals surface area (Å²) in [6, 6.07) is 12.0. The maximum atomic E-state index is 9.17. The van der Waals surface area contributed by atoms with Crippen molar-refractivity contribution in [3.05, 3.63) is 54.0 Å². The van der Waals surface area contributed by atoms with E-state index in [-0.39, 0.29) is 5.41 Å². The maximum Gasteiger partial charge on any atom is 0.142 e. The topological polar surface area (TPSA) is 65.3 Å². The van der Waals surface area contributed by atoms with Crippen LogP contribution in [0.4, 0.5) is 5.82 Å². The first-order valence-electron chi connectivity index (χ1n) is 9.58. The van der Waals surface area contributed by atoms with E-state index in [1.165, 1.54) is 12.0 Å². The summed E-state index contributed by atoms with van der Waals surface area (Å²) in [5.41, 5.74) is 1.87. The number of nitrogens with zero attached hydrogens (tertiary/aromatic N) is 5. The summed E-state index contributed by atoms with van der Waals surface area (Å²) in [7, 11) is 0. The SMILES string of the molecule is N#Cc1cccc(N2CCOCC3(CCCN(Cc4ccncc4)C3)C2)n1. The van der Waals surface area contributed by atoms with Crippen LogP contribution in [-0.4, -0.2) is 54.3 Å². The third-order valence-corrected chi connectivity index (χ3v) is 5.51. The molecule has 0 N–H and O–H groups in total. The number of hydrogen-bond donors (Lipinski definition) is 0. The van der Waals surface area contributed by atoms with Gasteiger partial charge in [0.05, 0.1) is 13.2 Å². The molecular weight excluding hydrogens is 338 g/mol. The number of rotatable bonds is 3. The van der Waals surface area contributed by atoms with Crippen LogP contribution in [0.25, 0.3) is 0 Å². The zero-order valence-corrected chi connectivity index (χ0v) is 15.5. The van der Waals surface area contributed by atoms with Gasteiger partial charge >= 0.3 is 0 Å². The number of nitriles is 1. The van der Waals surface area contributed by atoms with Crippen molar-refractivity contribution in [1.82, 2.24) is 14.9 Å². The zero-order chi connectivity index (χ0) is 18.5. The second kappa shape index (κ2) is 8.03. The van der Waals surface area contributed by atoms with Gasteiger partial charge in [-0.15, -0.1) is 0 Å². The van der Waals surface area contributed by atoms with Gasteiger partial charge in [0.15, 0.2) is 0 Å². The summed E-state index contributed by atoms with van der Waals surface area (Å²) >= 11 is 0. The van der Waals surface area contributed by atoms with Crippen LogP contribution in [0.2, 0.25) is 0 Å². The van der Waals surface area contributed by atoms with Crippen molar-refractivity contribution >= 4 is 5.82 Å². The fourth-order valence-corrected chi connectivity index (χ4v) is 4.29. The van der Waals surface area contributed by atoms with Crippen LogP contribution in [0.5, 0.6) is 0 Å². The van der Waals surface area contributed by atoms with Crippen LogP contribution in [-0.2, 0) is 11.3 Å². The van der Waals surface area contributed by atoms with Crippen molar-refractivity contribution in [2.24, 2.45) is 5.41 Å². The van der Waals surface area contributed by atoms with Crippen LogP contribution in [0.15, 0.2) is 42.7 Å². The molecule has 6 nitrogen and oxygen atoms in total. The van der Waals surface area contributed by atoms with Gasteiger partial charge in [0, 0.05) is 44.0 Å². The van der Waals surface area contributed by atoms with E-state index in [0.29, 0.717) is 12.3 Å². The van der Waals surface area contributed by atoms with Crippen LogP contribution < -0.4 is 4.90 Å². The molecule has 0 radical (unpaired) electrons. The van der Waals surface area contributed by atoms with Crippen LogP contribution >= 0.6 is 0 Å². The average Bonchev–Trinajstić information content (AvgIpc) is 2.91. The highest BCUT2D eigenvalue weighted by molar-refractivity contribution is 5.42. The molecule has 2 fully saturated rings. The first-order valence-corrected chi connectivity index (χ1v) is 9.58. The fraction of sp³-hybridized carbons (Fsp3) is 0.476. The lowest BCUT2D eigenvalue weighted by Gasteiger charge is -2.43. The van der Waals surface area contributed by atoms with E-state index in [4.69, 9.17) is 10.00 Å². The first-order chi connectivity index (χ1) is 13.3. The van der Waals surface area contributed by atoms with Gasteiger partial charge in [0.2, 0.25) is 0 Å². The molecule has 2 aliphatic rings. The van der Waals surface area contributed by atoms with Crippen molar-refractivity contribution in [2.75, 3.05) is 44.3 Å². The van der Waals surface area contributed by atoms with Gasteiger partial charge in [0.25, 0.3) is 0 Å². The number of anilines is 1. The third-order valence-electron chi connectivity index (χ3n) is 5.51. The van der Waals surface area contributed by atoms with E-state index in [2.05, 4.69) is 38.0 Å². The molecule has 2 aromatic heterocycles. The minimum absolute atomic E-state index is 0.103. The molecule has 1 unspecified atom stereocenters. The van der Waals surface area contributed by atoms with Crippen molar-refractivity contribution in [3.63, 3.8) is 0 Å². The number of pyridine rings is 2. The van der Waals surface area contributed by atoms with Gasteiger partial charge in [-0.05, 0) is 49.2 Å². The molecule has 4 rings (SSSR count). The molecule has 0 aliphatic carbocycles. The smallest absolute Gasteiger partial charge is 0.142 e. The molecule has 1 spiro atoms. The first kappa shape index (κ1) is 17.9. The molecule has 0 saturated carbocycles. The molecule has 2 saturated heterocycles. The monoisotopic (exact) mass is 363 g/mol. The van der Waals surface area contributed by atoms with Crippen molar-refractivity contribution < 1.29 is 4.74 Å². The van der Waals surface area contributed by atoms with Crippen molar-refractivity contribution in [2.45, 2.75) is 19.4 Å². The van der Waals surface area contributed by atoms with Crippen molar-refractivity contribution in [1.29, 1.82) is 5.26 Å². The molecule has 2 aromatic rings. The van der Waals surface area contributed by atoms with Gasteiger partial charge in [-0.2, -0.15) is 5.26 Å². The maximum absolute atomic E-state index is 9.17. The number of ether oxygens (including phenoxy) is 1. The summed E-state index contributed by atoms with van der Waals surface area (Å²) in [6.45, 7) is 6.30. The Labute approximate surface area is 160 Å². The highest BCUT2D eigenvalue weighted by Gasteiger charge is 2.39. The molecule has 0 amide bonds. The molecule has 1 atom stereocenters. The van der Waals surface area contributed by atoms with Gasteiger partial charge in [0.1, 0.15) is 17.6 Å². The number of hydrogen-bond acceptors (Lipinski definition) is 6. The Kier molecular flexibility index (Phi) is 5.33. The molecular formula is C21H25N5O. The summed E-state index contributed by atoms with van der Waals surface area (Å²) in [6.07, 6.45) is 6.06. The van der Waals surface area contributed by atoms with E-state index < -0.39 is 0 Å². The summed E-state index contributed by atoms with van der Waals surface area (Å²) in [4.78, 5) is 13.5. The Morgan fingerprint density at radius 2 is 2.04 bits per heavy atom. The number of aromatic nitrogens is 2. The minimum atomic E-state index is 0.103. The normalized spacial score (nSPS) is 23.7. The lowest BCUT2D eigenvalue weighted by atomic mass is 9.80. The van der Waals surface area contributed by atoms with Gasteiger partial charge in [-0.1, -0.05) is 6.07 Å². The molecule has 6 heteroatoms. The van der Waals surface area contributed by atoms with E-state index >= 15 is 0 Å². The second-order valence-corrected chi connectivity index (χ2v) is 7.64. The summed E-state index contributed by atoms with van der Waals surface area (Å²) in [5, 5.41) is 9.17. The Balaban J connectivity index is 1.51. The van der Waals surface area contributed by atoms with E-state index in [1.807, 2.05) is 24.5 Å². The summed E-state index contributed by atoms with van der Waals surface area (Å²) in [5.74, 6) is 0.880. The van der Waals surface area contributed by atoms with Gasteiger partial charge < -0.3 is 9.64 Å². The van der Waals surface area contributed by atoms with Crippen molar-refractivity contribution in [3.8, 4) is 6.07 Å². The lowest BCUT2D eigenvalue weighted by molar-refractivity contribution is 0.0106. The quantitative estimate of drug-likeness (QED) is 0.835. The Bertz CT molecular complexity index is 806. The lowest BCUT2D eigenvalue weighted by Crippen LogP contribution is -2.50. The standard InChI is InChI=1S/C21H25N5O/c22-13-19-3-1-4-20(24-19)26-11-12-27-17-21(16-26)7-2-10-25(15-21)14-18-5-8-23-9-6-18/h1,3-6,8-9H,2,7,10-12,14-17H2. The largest absolute Gasteiger partial charge is 0.379 e. The molecule has 0 aromatic carbocycles. The molecule has 27 heavy (non-hydrogen) atoms. The molecule has 4 heterocycles. The highest BCUT2D eigenvalue weighted by Crippen LogP contribution is 2.34. The predicted molar refractivity (Wildman–Crippen MR) is 103 cm³/mol. The molecule has 2 aliphatic heterocycles. The third kappa shape index (κ3) is 4.26. The van der Waals surface area contributed by atoms with Crippen LogP contribution in [0.3, 0.4) is 0 Å². The minimum Gasteiger partial charge on any atom is -0.379 e. The van der Waals surface area contributed by atoms with Crippen LogP contribution in [0, 0.1) is 16.7 Å². The molecule has 140 valence electrons. The molecule has 0 bridgehead atoms. The van der Waals surface area contributed by atoms with Crippen LogP contribution in [0.1, 0.15) is 24.1 Å². The fourth-order valence-electron chi connectivity index (χ4n) is 4.29. The Morgan fingerprint density at radius 1 is 1.15 bits per heavy atom. The van der Waals surface area contributed by atoms with Gasteiger partial charge in [-0.25, -0.2) is 4.98 Å². The zero-order valence-electron chi connectivity index (χ0n) is 15.5. The number of likely N-dealkylation sites (tertiary alicyclic amines) is 1. The predicted octanol–water partition coefficient (Wildman–Crippen LogP) is 2.47. The van der Waals surface area contributed by atoms with E-state index in [9.17, 15) is 0 Å². The van der Waals surface area contributed by atoms with E-state index in [1.54, 1.807) is 6.07 Å². The average molecular weight is 363 g/mol. The number of piperidine rings is 1.